The van der Waals surface area contributed by atoms with Gasteiger partial charge < -0.3 is 19.9 Å². The molecule has 0 bridgehead atoms. The number of primary amides is 1. The molecule has 0 aliphatic heterocycles. The van der Waals surface area contributed by atoms with Crippen molar-refractivity contribution in [2.75, 3.05) is 13.2 Å². The van der Waals surface area contributed by atoms with Crippen molar-refractivity contribution in [3.05, 3.63) is 23.8 Å². The van der Waals surface area contributed by atoms with Crippen LogP contribution in [0.3, 0.4) is 0 Å². The Balaban J connectivity index is 2.92. The molecule has 6 heteroatoms. The summed E-state index contributed by atoms with van der Waals surface area (Å²) in [4.78, 5) is 22.7. The fourth-order valence-electron chi connectivity index (χ4n) is 1.46. The first kappa shape index (κ1) is 15.8. The second kappa shape index (κ2) is 7.37. The van der Waals surface area contributed by atoms with Crippen molar-refractivity contribution in [2.24, 2.45) is 5.73 Å². The van der Waals surface area contributed by atoms with Crippen LogP contribution < -0.4 is 15.2 Å². The van der Waals surface area contributed by atoms with E-state index in [0.29, 0.717) is 24.7 Å². The molecule has 0 saturated heterocycles. The predicted molar refractivity (Wildman–Crippen MR) is 72.9 cm³/mol. The maximum atomic E-state index is 11.9. The SMILES string of the molecule is CCOc1ccc(C(=O)OC(C)C(N)=O)cc1OCC. The molecule has 1 atom stereocenters. The standard InChI is InChI=1S/C14H19NO5/c1-4-18-11-7-6-10(8-12(11)19-5-2)14(17)20-9(3)13(15)16/h6-9H,4-5H2,1-3H3,(H2,15,16). The molecule has 0 saturated carbocycles. The normalized spacial score (nSPS) is 11.6. The highest BCUT2D eigenvalue weighted by molar-refractivity contribution is 5.92. The molecule has 20 heavy (non-hydrogen) atoms. The summed E-state index contributed by atoms with van der Waals surface area (Å²) in [6.45, 7) is 6.03. The molecule has 110 valence electrons. The number of hydrogen-bond acceptors (Lipinski definition) is 5. The number of ether oxygens (including phenoxy) is 3. The number of benzene rings is 1. The number of nitrogens with two attached hydrogens (primary N) is 1. The van der Waals surface area contributed by atoms with E-state index in [1.165, 1.54) is 13.0 Å². The Hall–Kier alpha value is -2.24. The summed E-state index contributed by atoms with van der Waals surface area (Å²) < 4.78 is 15.7. The fourth-order valence-corrected chi connectivity index (χ4v) is 1.46. The number of amides is 1. The van der Waals surface area contributed by atoms with Crippen LogP contribution >= 0.6 is 0 Å². The Labute approximate surface area is 117 Å². The third kappa shape index (κ3) is 4.15. The van der Waals surface area contributed by atoms with Crippen molar-refractivity contribution >= 4 is 11.9 Å². The molecule has 0 fully saturated rings. The summed E-state index contributed by atoms with van der Waals surface area (Å²) in [6, 6.07) is 4.69. The molecule has 0 aromatic heterocycles. The zero-order valence-corrected chi connectivity index (χ0v) is 11.8. The van der Waals surface area contributed by atoms with E-state index in [9.17, 15) is 9.59 Å². The lowest BCUT2D eigenvalue weighted by Crippen LogP contribution is -2.30. The number of hydrogen-bond donors (Lipinski definition) is 1. The minimum Gasteiger partial charge on any atom is -0.490 e. The highest BCUT2D eigenvalue weighted by Crippen LogP contribution is 2.28. The molecule has 0 aliphatic rings. The van der Waals surface area contributed by atoms with Gasteiger partial charge in [-0.3, -0.25) is 4.79 Å². The van der Waals surface area contributed by atoms with E-state index in [1.54, 1.807) is 12.1 Å². The van der Waals surface area contributed by atoms with Gasteiger partial charge in [-0.1, -0.05) is 0 Å². The van der Waals surface area contributed by atoms with Gasteiger partial charge in [0.1, 0.15) is 0 Å². The first-order chi connectivity index (χ1) is 9.49. The monoisotopic (exact) mass is 281 g/mol. The van der Waals surface area contributed by atoms with E-state index in [1.807, 2.05) is 13.8 Å². The van der Waals surface area contributed by atoms with Crippen LogP contribution in [0.4, 0.5) is 0 Å². The van der Waals surface area contributed by atoms with E-state index in [4.69, 9.17) is 19.9 Å². The molecule has 0 aliphatic carbocycles. The van der Waals surface area contributed by atoms with Crippen LogP contribution in [0.25, 0.3) is 0 Å². The van der Waals surface area contributed by atoms with Gasteiger partial charge in [-0.2, -0.15) is 0 Å². The first-order valence-corrected chi connectivity index (χ1v) is 6.39. The van der Waals surface area contributed by atoms with Crippen molar-refractivity contribution in [3.63, 3.8) is 0 Å². The Morgan fingerprint density at radius 3 is 2.30 bits per heavy atom. The smallest absolute Gasteiger partial charge is 0.339 e. The van der Waals surface area contributed by atoms with Gasteiger partial charge in [0.25, 0.3) is 5.91 Å². The van der Waals surface area contributed by atoms with Gasteiger partial charge in [0.05, 0.1) is 18.8 Å². The van der Waals surface area contributed by atoms with Crippen LogP contribution in [-0.4, -0.2) is 31.2 Å². The summed E-state index contributed by atoms with van der Waals surface area (Å²) >= 11 is 0. The van der Waals surface area contributed by atoms with E-state index in [2.05, 4.69) is 0 Å². The van der Waals surface area contributed by atoms with E-state index >= 15 is 0 Å². The Morgan fingerprint density at radius 1 is 1.15 bits per heavy atom. The second-order valence-corrected chi connectivity index (χ2v) is 3.98. The Morgan fingerprint density at radius 2 is 1.75 bits per heavy atom. The average molecular weight is 281 g/mol. The third-order valence-corrected chi connectivity index (χ3v) is 2.46. The lowest BCUT2D eigenvalue weighted by molar-refractivity contribution is -0.125. The Kier molecular flexibility index (Phi) is 5.83. The van der Waals surface area contributed by atoms with Gasteiger partial charge >= 0.3 is 5.97 Å². The topological polar surface area (TPSA) is 87.9 Å². The van der Waals surface area contributed by atoms with Gasteiger partial charge in [0.15, 0.2) is 17.6 Å². The molecule has 1 rings (SSSR count). The second-order valence-electron chi connectivity index (χ2n) is 3.98. The lowest BCUT2D eigenvalue weighted by atomic mass is 10.2. The number of rotatable bonds is 7. The first-order valence-electron chi connectivity index (χ1n) is 6.39. The van der Waals surface area contributed by atoms with Crippen molar-refractivity contribution in [1.29, 1.82) is 0 Å². The maximum absolute atomic E-state index is 11.9. The van der Waals surface area contributed by atoms with Crippen molar-refractivity contribution in [1.82, 2.24) is 0 Å². The van der Waals surface area contributed by atoms with Crippen LogP contribution in [-0.2, 0) is 9.53 Å². The molecule has 6 nitrogen and oxygen atoms in total. The molecular weight excluding hydrogens is 262 g/mol. The van der Waals surface area contributed by atoms with Gasteiger partial charge in [-0.05, 0) is 39.0 Å². The highest BCUT2D eigenvalue weighted by Gasteiger charge is 2.18. The summed E-state index contributed by atoms with van der Waals surface area (Å²) in [6.07, 6.45) is -0.982. The number of esters is 1. The molecule has 0 radical (unpaired) electrons. The molecule has 2 N–H and O–H groups in total. The molecule has 1 aromatic rings. The van der Waals surface area contributed by atoms with Gasteiger partial charge in [0, 0.05) is 0 Å². The van der Waals surface area contributed by atoms with Gasteiger partial charge in [-0.15, -0.1) is 0 Å². The molecule has 0 heterocycles. The summed E-state index contributed by atoms with van der Waals surface area (Å²) in [5.74, 6) is -0.334. The Bertz CT molecular complexity index is 486. The molecule has 1 amide bonds. The number of carbonyl (C=O) groups is 2. The highest BCUT2D eigenvalue weighted by atomic mass is 16.5. The third-order valence-electron chi connectivity index (χ3n) is 2.46. The fraction of sp³-hybridized carbons (Fsp3) is 0.429. The largest absolute Gasteiger partial charge is 0.490 e. The quantitative estimate of drug-likeness (QED) is 0.765. The molecule has 1 unspecified atom stereocenters. The lowest BCUT2D eigenvalue weighted by Gasteiger charge is -2.13. The van der Waals surface area contributed by atoms with Crippen LogP contribution in [0.15, 0.2) is 18.2 Å². The van der Waals surface area contributed by atoms with Crippen LogP contribution in [0.1, 0.15) is 31.1 Å². The zero-order chi connectivity index (χ0) is 15.1. The summed E-state index contributed by atoms with van der Waals surface area (Å²) in [5, 5.41) is 0. The van der Waals surface area contributed by atoms with Crippen LogP contribution in [0, 0.1) is 0 Å². The van der Waals surface area contributed by atoms with E-state index in [-0.39, 0.29) is 5.56 Å². The zero-order valence-electron chi connectivity index (χ0n) is 11.8. The molecule has 0 spiro atoms. The maximum Gasteiger partial charge on any atom is 0.339 e. The summed E-state index contributed by atoms with van der Waals surface area (Å²) in [5.41, 5.74) is 5.31. The average Bonchev–Trinajstić information content (AvgIpc) is 2.41. The molecule has 1 aromatic carbocycles. The van der Waals surface area contributed by atoms with Gasteiger partial charge in [-0.25, -0.2) is 4.79 Å². The minimum absolute atomic E-state index is 0.269. The number of carbonyl (C=O) groups excluding carboxylic acids is 2. The van der Waals surface area contributed by atoms with Crippen molar-refractivity contribution in [2.45, 2.75) is 26.9 Å². The van der Waals surface area contributed by atoms with Crippen LogP contribution in [0.2, 0.25) is 0 Å². The van der Waals surface area contributed by atoms with E-state index in [0.717, 1.165) is 0 Å². The predicted octanol–water partition coefficient (Wildman–Crippen LogP) is 1.51. The van der Waals surface area contributed by atoms with E-state index < -0.39 is 18.0 Å². The van der Waals surface area contributed by atoms with Gasteiger partial charge in [0.2, 0.25) is 0 Å². The van der Waals surface area contributed by atoms with Crippen LogP contribution in [0.5, 0.6) is 11.5 Å². The minimum atomic E-state index is -0.982. The van der Waals surface area contributed by atoms with Crippen molar-refractivity contribution < 1.29 is 23.8 Å². The summed E-state index contributed by atoms with van der Waals surface area (Å²) in [7, 11) is 0. The van der Waals surface area contributed by atoms with Crippen molar-refractivity contribution in [3.8, 4) is 11.5 Å². The molecular formula is C14H19NO5.